The van der Waals surface area contributed by atoms with Crippen LogP contribution in [0.3, 0.4) is 0 Å². The van der Waals surface area contributed by atoms with Crippen LogP contribution in [-0.2, 0) is 14.3 Å². The quantitative estimate of drug-likeness (QED) is 0.497. The van der Waals surface area contributed by atoms with Crippen LogP contribution in [0.25, 0.3) is 0 Å². The lowest BCUT2D eigenvalue weighted by atomic mass is 9.97. The van der Waals surface area contributed by atoms with E-state index in [2.05, 4.69) is 12.2 Å². The van der Waals surface area contributed by atoms with Crippen LogP contribution in [0.5, 0.6) is 0 Å². The van der Waals surface area contributed by atoms with E-state index >= 15 is 0 Å². The highest BCUT2D eigenvalue weighted by atomic mass is 16.5. The second-order valence-electron chi connectivity index (χ2n) is 6.52. The maximum atomic E-state index is 12.4. The van der Waals surface area contributed by atoms with Gasteiger partial charge in [-0.05, 0) is 39.0 Å². The summed E-state index contributed by atoms with van der Waals surface area (Å²) in [6.45, 7) is 5.37. The number of unbranched alkanes of at least 4 members (excludes halogenated alkanes) is 3. The van der Waals surface area contributed by atoms with Crippen LogP contribution in [0.4, 0.5) is 0 Å². The second kappa shape index (κ2) is 8.14. The third kappa shape index (κ3) is 4.96. The molecule has 2 unspecified atom stereocenters. The first-order valence-electron chi connectivity index (χ1n) is 8.76. The Morgan fingerprint density at radius 2 is 2.00 bits per heavy atom. The standard InChI is InChI=1S/C17H31NO3/c1-3-5-6-7-12-21-15-10-11-17(13-15,16(19)20-4-2)18-14-8-9-14/h14-15,18H,3-13H2,1-2H3. The summed E-state index contributed by atoms with van der Waals surface area (Å²) in [6, 6.07) is 0.512. The molecule has 0 aromatic rings. The maximum absolute atomic E-state index is 12.4. The molecule has 4 heteroatoms. The van der Waals surface area contributed by atoms with Crippen molar-refractivity contribution < 1.29 is 14.3 Å². The number of nitrogens with one attached hydrogen (secondary N) is 1. The molecular formula is C17H31NO3. The number of esters is 1. The number of hydrogen-bond donors (Lipinski definition) is 1. The lowest BCUT2D eigenvalue weighted by molar-refractivity contribution is -0.151. The highest BCUT2D eigenvalue weighted by Crippen LogP contribution is 2.36. The number of ether oxygens (including phenoxy) is 2. The monoisotopic (exact) mass is 297 g/mol. The van der Waals surface area contributed by atoms with Gasteiger partial charge in [0.15, 0.2) is 0 Å². The molecule has 0 saturated heterocycles. The van der Waals surface area contributed by atoms with E-state index in [0.717, 1.165) is 32.3 Å². The summed E-state index contributed by atoms with van der Waals surface area (Å²) >= 11 is 0. The van der Waals surface area contributed by atoms with Crippen molar-refractivity contribution in [3.05, 3.63) is 0 Å². The zero-order valence-corrected chi connectivity index (χ0v) is 13.7. The zero-order valence-electron chi connectivity index (χ0n) is 13.7. The number of hydrogen-bond acceptors (Lipinski definition) is 4. The average molecular weight is 297 g/mol. The largest absolute Gasteiger partial charge is 0.465 e. The number of carbonyl (C=O) groups is 1. The van der Waals surface area contributed by atoms with Crippen molar-refractivity contribution in [1.82, 2.24) is 5.32 Å². The van der Waals surface area contributed by atoms with E-state index in [1.807, 2.05) is 6.92 Å². The Morgan fingerprint density at radius 3 is 2.67 bits per heavy atom. The van der Waals surface area contributed by atoms with Gasteiger partial charge in [0.2, 0.25) is 0 Å². The van der Waals surface area contributed by atoms with E-state index in [-0.39, 0.29) is 12.1 Å². The van der Waals surface area contributed by atoms with Crippen molar-refractivity contribution >= 4 is 5.97 Å². The molecule has 4 nitrogen and oxygen atoms in total. The van der Waals surface area contributed by atoms with Crippen LogP contribution in [0.15, 0.2) is 0 Å². The second-order valence-corrected chi connectivity index (χ2v) is 6.52. The van der Waals surface area contributed by atoms with Gasteiger partial charge in [0.05, 0.1) is 12.7 Å². The minimum absolute atomic E-state index is 0.0750. The molecule has 1 N–H and O–H groups in total. The van der Waals surface area contributed by atoms with Gasteiger partial charge in [-0.2, -0.15) is 0 Å². The summed E-state index contributed by atoms with van der Waals surface area (Å²) in [5.41, 5.74) is -0.481. The molecule has 2 atom stereocenters. The minimum atomic E-state index is -0.481. The van der Waals surface area contributed by atoms with Crippen molar-refractivity contribution in [2.75, 3.05) is 13.2 Å². The Balaban J connectivity index is 1.78. The van der Waals surface area contributed by atoms with Crippen molar-refractivity contribution in [1.29, 1.82) is 0 Å². The van der Waals surface area contributed by atoms with Crippen molar-refractivity contribution in [2.45, 2.75) is 89.3 Å². The van der Waals surface area contributed by atoms with Gasteiger partial charge in [-0.3, -0.25) is 10.1 Å². The Hall–Kier alpha value is -0.610. The van der Waals surface area contributed by atoms with Gasteiger partial charge in [-0.15, -0.1) is 0 Å². The molecular weight excluding hydrogens is 266 g/mol. The van der Waals surface area contributed by atoms with Crippen LogP contribution < -0.4 is 5.32 Å². The van der Waals surface area contributed by atoms with E-state index in [1.165, 1.54) is 32.1 Å². The molecule has 0 heterocycles. The smallest absolute Gasteiger partial charge is 0.326 e. The zero-order chi connectivity index (χ0) is 15.1. The normalized spacial score (nSPS) is 28.8. The first-order valence-corrected chi connectivity index (χ1v) is 8.76. The highest BCUT2D eigenvalue weighted by molar-refractivity contribution is 5.81. The highest BCUT2D eigenvalue weighted by Gasteiger charge is 2.49. The molecule has 2 rings (SSSR count). The Bertz CT molecular complexity index is 330. The molecule has 122 valence electrons. The van der Waals surface area contributed by atoms with E-state index in [4.69, 9.17) is 9.47 Å². The van der Waals surface area contributed by atoms with Gasteiger partial charge < -0.3 is 9.47 Å². The molecule has 0 spiro atoms. The summed E-state index contributed by atoms with van der Waals surface area (Å²) in [5, 5.41) is 3.54. The maximum Gasteiger partial charge on any atom is 0.326 e. The Labute approximate surface area is 129 Å². The molecule has 0 amide bonds. The molecule has 0 bridgehead atoms. The van der Waals surface area contributed by atoms with Crippen molar-refractivity contribution in [3.8, 4) is 0 Å². The molecule has 0 aliphatic heterocycles. The lowest BCUT2D eigenvalue weighted by Gasteiger charge is -2.28. The summed E-state index contributed by atoms with van der Waals surface area (Å²) in [7, 11) is 0. The fraction of sp³-hybridized carbons (Fsp3) is 0.941. The molecule has 0 aromatic heterocycles. The molecule has 2 saturated carbocycles. The fourth-order valence-corrected chi connectivity index (χ4v) is 3.18. The van der Waals surface area contributed by atoms with E-state index in [1.54, 1.807) is 0 Å². The summed E-state index contributed by atoms with van der Waals surface area (Å²) in [4.78, 5) is 12.4. The van der Waals surface area contributed by atoms with Gasteiger partial charge in [-0.25, -0.2) is 0 Å². The minimum Gasteiger partial charge on any atom is -0.465 e. The van der Waals surface area contributed by atoms with Gasteiger partial charge in [0.1, 0.15) is 5.54 Å². The van der Waals surface area contributed by atoms with Crippen LogP contribution in [-0.4, -0.2) is 36.9 Å². The van der Waals surface area contributed by atoms with Gasteiger partial charge in [0, 0.05) is 19.1 Å². The van der Waals surface area contributed by atoms with Crippen molar-refractivity contribution in [2.24, 2.45) is 0 Å². The Morgan fingerprint density at radius 1 is 1.19 bits per heavy atom. The van der Waals surface area contributed by atoms with Gasteiger partial charge >= 0.3 is 5.97 Å². The van der Waals surface area contributed by atoms with E-state index in [0.29, 0.717) is 12.6 Å². The first-order chi connectivity index (χ1) is 10.2. The molecule has 0 aromatic carbocycles. The molecule has 21 heavy (non-hydrogen) atoms. The predicted molar refractivity (Wildman–Crippen MR) is 83.3 cm³/mol. The molecule has 2 aliphatic carbocycles. The number of rotatable bonds is 10. The topological polar surface area (TPSA) is 47.6 Å². The van der Waals surface area contributed by atoms with Crippen LogP contribution in [0, 0.1) is 0 Å². The van der Waals surface area contributed by atoms with Crippen LogP contribution >= 0.6 is 0 Å². The molecule has 0 radical (unpaired) electrons. The van der Waals surface area contributed by atoms with Crippen molar-refractivity contribution in [3.63, 3.8) is 0 Å². The SMILES string of the molecule is CCCCCCOC1CCC(NC2CC2)(C(=O)OCC)C1. The average Bonchev–Trinajstić information content (AvgIpc) is 3.18. The predicted octanol–water partition coefficient (Wildman–Crippen LogP) is 3.19. The summed E-state index contributed by atoms with van der Waals surface area (Å²) in [5.74, 6) is -0.0750. The van der Waals surface area contributed by atoms with Gasteiger partial charge in [-0.1, -0.05) is 26.2 Å². The fourth-order valence-electron chi connectivity index (χ4n) is 3.18. The van der Waals surface area contributed by atoms with Crippen LogP contribution in [0.2, 0.25) is 0 Å². The molecule has 2 fully saturated rings. The third-order valence-electron chi connectivity index (χ3n) is 4.54. The Kier molecular flexibility index (Phi) is 6.49. The summed E-state index contributed by atoms with van der Waals surface area (Å²) in [6.07, 6.45) is 10.1. The van der Waals surface area contributed by atoms with E-state index in [9.17, 15) is 4.79 Å². The number of carbonyl (C=O) groups excluding carboxylic acids is 1. The first kappa shape index (κ1) is 16.8. The van der Waals surface area contributed by atoms with Crippen LogP contribution in [0.1, 0.15) is 71.6 Å². The van der Waals surface area contributed by atoms with Gasteiger partial charge in [0.25, 0.3) is 0 Å². The van der Waals surface area contributed by atoms with E-state index < -0.39 is 5.54 Å². The third-order valence-corrected chi connectivity index (χ3v) is 4.54. The summed E-state index contributed by atoms with van der Waals surface area (Å²) < 4.78 is 11.3. The molecule has 2 aliphatic rings. The lowest BCUT2D eigenvalue weighted by Crippen LogP contribution is -2.52.